The van der Waals surface area contributed by atoms with E-state index in [9.17, 15) is 13.6 Å². The van der Waals surface area contributed by atoms with E-state index < -0.39 is 24.1 Å². The van der Waals surface area contributed by atoms with E-state index in [0.29, 0.717) is 4.47 Å². The molecule has 0 spiro atoms. The Bertz CT molecular complexity index is 708. The third-order valence-electron chi connectivity index (χ3n) is 2.57. The molecular weight excluding hydrogens is 358 g/mol. The minimum absolute atomic E-state index is 0.0369. The lowest BCUT2D eigenvalue weighted by Crippen LogP contribution is -2.17. The molecule has 2 aromatic rings. The van der Waals surface area contributed by atoms with Gasteiger partial charge in [-0.3, -0.25) is 4.79 Å². The van der Waals surface area contributed by atoms with Crippen molar-refractivity contribution in [1.82, 2.24) is 0 Å². The molecule has 0 radical (unpaired) electrons. The van der Waals surface area contributed by atoms with Crippen LogP contribution in [0, 0.1) is 11.6 Å². The van der Waals surface area contributed by atoms with Crippen molar-refractivity contribution < 1.29 is 18.4 Å². The molecule has 0 atom stereocenters. The summed E-state index contributed by atoms with van der Waals surface area (Å²) in [5.74, 6) is -1.60. The van der Waals surface area contributed by atoms with Crippen LogP contribution in [0.1, 0.15) is 5.56 Å². The first kappa shape index (κ1) is 16.1. The number of oxime groups is 1. The van der Waals surface area contributed by atoms with Crippen molar-refractivity contribution >= 4 is 33.7 Å². The average molecular weight is 369 g/mol. The maximum Gasteiger partial charge on any atom is 0.265 e. The number of halogens is 3. The number of carbonyl (C=O) groups excluding carboxylic acids is 1. The van der Waals surface area contributed by atoms with Crippen LogP contribution in [0.15, 0.2) is 52.1 Å². The average Bonchev–Trinajstić information content (AvgIpc) is 2.48. The van der Waals surface area contributed by atoms with Gasteiger partial charge in [0.25, 0.3) is 5.91 Å². The van der Waals surface area contributed by atoms with Gasteiger partial charge in [-0.25, -0.2) is 8.78 Å². The topological polar surface area (TPSA) is 50.7 Å². The van der Waals surface area contributed by atoms with E-state index in [-0.39, 0.29) is 11.3 Å². The lowest BCUT2D eigenvalue weighted by atomic mass is 10.2. The molecule has 4 nitrogen and oxygen atoms in total. The van der Waals surface area contributed by atoms with Crippen molar-refractivity contribution in [2.24, 2.45) is 5.16 Å². The number of nitrogens with zero attached hydrogens (tertiary/aromatic N) is 1. The quantitative estimate of drug-likeness (QED) is 0.645. The Kier molecular flexibility index (Phi) is 5.60. The molecule has 2 rings (SSSR count). The van der Waals surface area contributed by atoms with Crippen molar-refractivity contribution in [2.45, 2.75) is 0 Å². The Labute approximate surface area is 133 Å². The van der Waals surface area contributed by atoms with E-state index in [0.717, 1.165) is 6.21 Å². The van der Waals surface area contributed by atoms with Gasteiger partial charge in [-0.05, 0) is 24.3 Å². The number of amides is 1. The van der Waals surface area contributed by atoms with Crippen LogP contribution in [0.25, 0.3) is 0 Å². The fourth-order valence-corrected chi connectivity index (χ4v) is 1.88. The molecule has 2 aromatic carbocycles. The zero-order valence-corrected chi connectivity index (χ0v) is 12.8. The molecule has 7 heteroatoms. The van der Waals surface area contributed by atoms with E-state index in [2.05, 4.69) is 26.4 Å². The summed E-state index contributed by atoms with van der Waals surface area (Å²) in [7, 11) is 0. The molecule has 0 fully saturated rings. The predicted octanol–water partition coefficient (Wildman–Crippen LogP) is 3.72. The van der Waals surface area contributed by atoms with Crippen LogP contribution < -0.4 is 5.32 Å². The Hall–Kier alpha value is -2.28. The molecule has 114 valence electrons. The number of benzene rings is 2. The van der Waals surface area contributed by atoms with Crippen molar-refractivity contribution in [2.75, 3.05) is 11.9 Å². The molecule has 22 heavy (non-hydrogen) atoms. The van der Waals surface area contributed by atoms with Crippen molar-refractivity contribution in [3.8, 4) is 0 Å². The third-order valence-corrected chi connectivity index (χ3v) is 3.07. The monoisotopic (exact) mass is 368 g/mol. The second-order valence-electron chi connectivity index (χ2n) is 4.20. The van der Waals surface area contributed by atoms with E-state index in [4.69, 9.17) is 4.84 Å². The van der Waals surface area contributed by atoms with Gasteiger partial charge < -0.3 is 10.2 Å². The highest BCUT2D eigenvalue weighted by atomic mass is 79.9. The summed E-state index contributed by atoms with van der Waals surface area (Å²) in [6.45, 7) is -0.416. The molecule has 0 aliphatic heterocycles. The Balaban J connectivity index is 1.84. The number of carbonyl (C=O) groups is 1. The van der Waals surface area contributed by atoms with Crippen LogP contribution in [0.5, 0.6) is 0 Å². The van der Waals surface area contributed by atoms with Crippen LogP contribution in [-0.2, 0) is 9.63 Å². The van der Waals surface area contributed by atoms with Gasteiger partial charge >= 0.3 is 0 Å². The maximum atomic E-state index is 13.5. The lowest BCUT2D eigenvalue weighted by Gasteiger charge is -2.05. The molecule has 1 amide bonds. The summed E-state index contributed by atoms with van der Waals surface area (Å²) in [4.78, 5) is 16.3. The SMILES string of the molecule is O=C(CO/N=C\c1ccccc1F)Nc1ccc(Br)cc1F. The number of anilines is 1. The van der Waals surface area contributed by atoms with Crippen LogP contribution in [0.4, 0.5) is 14.5 Å². The molecule has 0 aliphatic rings. The van der Waals surface area contributed by atoms with Gasteiger partial charge in [-0.1, -0.05) is 39.3 Å². The molecule has 0 saturated heterocycles. The van der Waals surface area contributed by atoms with Crippen LogP contribution in [-0.4, -0.2) is 18.7 Å². The maximum absolute atomic E-state index is 13.5. The van der Waals surface area contributed by atoms with E-state index in [1.165, 1.54) is 24.3 Å². The summed E-state index contributed by atoms with van der Waals surface area (Å²) in [5, 5.41) is 5.83. The van der Waals surface area contributed by atoms with Crippen LogP contribution in [0.2, 0.25) is 0 Å². The summed E-state index contributed by atoms with van der Waals surface area (Å²) in [6, 6.07) is 10.2. The first-order chi connectivity index (χ1) is 10.6. The molecule has 0 aromatic heterocycles. The zero-order chi connectivity index (χ0) is 15.9. The molecular formula is C15H11BrF2N2O2. The van der Waals surface area contributed by atoms with Gasteiger partial charge in [0, 0.05) is 10.0 Å². The molecule has 1 N–H and O–H groups in total. The minimum atomic E-state index is -0.577. The van der Waals surface area contributed by atoms with Gasteiger partial charge in [-0.15, -0.1) is 0 Å². The molecule has 0 saturated carbocycles. The standard InChI is InChI=1S/C15H11BrF2N2O2/c16-11-5-6-14(13(18)7-11)20-15(21)9-22-19-8-10-3-1-2-4-12(10)17/h1-8H,9H2,(H,20,21)/b19-8-. The highest BCUT2D eigenvalue weighted by molar-refractivity contribution is 9.10. The number of rotatable bonds is 5. The second kappa shape index (κ2) is 7.65. The van der Waals surface area contributed by atoms with E-state index in [1.54, 1.807) is 18.2 Å². The summed E-state index contributed by atoms with van der Waals surface area (Å²) >= 11 is 3.11. The largest absolute Gasteiger partial charge is 0.386 e. The van der Waals surface area contributed by atoms with Crippen molar-refractivity contribution in [1.29, 1.82) is 0 Å². The van der Waals surface area contributed by atoms with E-state index >= 15 is 0 Å². The first-order valence-electron chi connectivity index (χ1n) is 6.21. The van der Waals surface area contributed by atoms with Gasteiger partial charge in [0.15, 0.2) is 6.61 Å². The Morgan fingerprint density at radius 2 is 2.00 bits per heavy atom. The van der Waals surface area contributed by atoms with Gasteiger partial charge in [0.1, 0.15) is 11.6 Å². The molecule has 0 unspecified atom stereocenters. The Morgan fingerprint density at radius 1 is 1.23 bits per heavy atom. The summed E-state index contributed by atoms with van der Waals surface area (Å²) < 4.78 is 27.3. The highest BCUT2D eigenvalue weighted by Gasteiger charge is 2.07. The smallest absolute Gasteiger partial charge is 0.265 e. The van der Waals surface area contributed by atoms with Crippen LogP contribution in [0.3, 0.4) is 0 Å². The fourth-order valence-electron chi connectivity index (χ4n) is 1.55. The molecule has 0 bridgehead atoms. The summed E-state index contributed by atoms with van der Waals surface area (Å²) in [5.41, 5.74) is 0.275. The van der Waals surface area contributed by atoms with Gasteiger partial charge in [0.05, 0.1) is 11.9 Å². The zero-order valence-electron chi connectivity index (χ0n) is 11.2. The van der Waals surface area contributed by atoms with Gasteiger partial charge in [-0.2, -0.15) is 0 Å². The number of hydrogen-bond donors (Lipinski definition) is 1. The number of hydrogen-bond acceptors (Lipinski definition) is 3. The van der Waals surface area contributed by atoms with Gasteiger partial charge in [0.2, 0.25) is 0 Å². The minimum Gasteiger partial charge on any atom is -0.386 e. The van der Waals surface area contributed by atoms with Crippen molar-refractivity contribution in [3.63, 3.8) is 0 Å². The second-order valence-corrected chi connectivity index (χ2v) is 5.12. The lowest BCUT2D eigenvalue weighted by molar-refractivity contribution is -0.120. The molecule has 0 heterocycles. The predicted molar refractivity (Wildman–Crippen MR) is 82.7 cm³/mol. The van der Waals surface area contributed by atoms with Crippen molar-refractivity contribution in [3.05, 3.63) is 64.1 Å². The highest BCUT2D eigenvalue weighted by Crippen LogP contribution is 2.19. The Morgan fingerprint density at radius 3 is 2.73 bits per heavy atom. The third kappa shape index (κ3) is 4.63. The molecule has 0 aliphatic carbocycles. The summed E-state index contributed by atoms with van der Waals surface area (Å²) in [6.07, 6.45) is 1.16. The first-order valence-corrected chi connectivity index (χ1v) is 7.00. The van der Waals surface area contributed by atoms with E-state index in [1.807, 2.05) is 0 Å². The van der Waals surface area contributed by atoms with Crippen LogP contribution >= 0.6 is 15.9 Å². The number of nitrogens with one attached hydrogen (secondary N) is 1. The normalized spacial score (nSPS) is 10.7. The fraction of sp³-hybridized carbons (Fsp3) is 0.0667.